The SMILES string of the molecule is N#Cc1ccc(NCCNc2nc(-c3ccc(Cl)cc3Cl)ncc2C(F)(F)F)nc1. The molecule has 0 fully saturated rings. The van der Waals surface area contributed by atoms with E-state index >= 15 is 0 Å². The normalized spacial score (nSPS) is 11.1. The highest BCUT2D eigenvalue weighted by Gasteiger charge is 2.35. The maximum absolute atomic E-state index is 13.3. The van der Waals surface area contributed by atoms with Crippen molar-refractivity contribution in [1.82, 2.24) is 15.0 Å². The molecule has 3 aromatic rings. The Morgan fingerprint density at radius 3 is 2.40 bits per heavy atom. The van der Waals surface area contributed by atoms with Gasteiger partial charge in [-0.05, 0) is 30.3 Å². The number of hydrogen-bond acceptors (Lipinski definition) is 6. The van der Waals surface area contributed by atoms with Crippen LogP contribution in [0.2, 0.25) is 10.0 Å². The molecule has 6 nitrogen and oxygen atoms in total. The van der Waals surface area contributed by atoms with Gasteiger partial charge in [0, 0.05) is 36.1 Å². The van der Waals surface area contributed by atoms with E-state index in [0.717, 1.165) is 0 Å². The topological polar surface area (TPSA) is 86.5 Å². The predicted octanol–water partition coefficient (Wildman–Crippen LogP) is 5.26. The summed E-state index contributed by atoms with van der Waals surface area (Å²) >= 11 is 12.0. The van der Waals surface area contributed by atoms with Crippen LogP contribution in [-0.4, -0.2) is 28.0 Å². The van der Waals surface area contributed by atoms with E-state index in [1.807, 2.05) is 6.07 Å². The number of halogens is 5. The number of anilines is 2. The van der Waals surface area contributed by atoms with Gasteiger partial charge in [-0.2, -0.15) is 18.4 Å². The van der Waals surface area contributed by atoms with Crippen LogP contribution in [0.1, 0.15) is 11.1 Å². The monoisotopic (exact) mass is 452 g/mol. The van der Waals surface area contributed by atoms with E-state index < -0.39 is 11.7 Å². The van der Waals surface area contributed by atoms with Crippen molar-refractivity contribution in [1.29, 1.82) is 5.26 Å². The first-order valence-electron chi connectivity index (χ1n) is 8.51. The van der Waals surface area contributed by atoms with E-state index in [1.54, 1.807) is 18.2 Å². The average Bonchev–Trinajstić information content (AvgIpc) is 2.71. The smallest absolute Gasteiger partial charge is 0.368 e. The van der Waals surface area contributed by atoms with Crippen LogP contribution in [0, 0.1) is 11.3 Å². The van der Waals surface area contributed by atoms with E-state index in [9.17, 15) is 13.2 Å². The summed E-state index contributed by atoms with van der Waals surface area (Å²) in [5.74, 6) is 0.158. The second-order valence-electron chi connectivity index (χ2n) is 5.98. The molecule has 0 atom stereocenters. The molecular weight excluding hydrogens is 440 g/mol. The highest BCUT2D eigenvalue weighted by molar-refractivity contribution is 6.36. The van der Waals surface area contributed by atoms with Crippen molar-refractivity contribution in [2.75, 3.05) is 23.7 Å². The first-order valence-corrected chi connectivity index (χ1v) is 9.27. The maximum atomic E-state index is 13.3. The Morgan fingerprint density at radius 2 is 1.77 bits per heavy atom. The zero-order valence-corrected chi connectivity index (χ0v) is 16.6. The van der Waals surface area contributed by atoms with Gasteiger partial charge in [0.1, 0.15) is 23.3 Å². The number of nitriles is 1. The van der Waals surface area contributed by atoms with Crippen LogP contribution >= 0.6 is 23.2 Å². The molecule has 3 rings (SSSR count). The van der Waals surface area contributed by atoms with Gasteiger partial charge in [0.05, 0.1) is 10.6 Å². The standard InChI is InChI=1S/C19H13Cl2F3N6/c20-12-2-3-13(15(21)7-12)17-29-10-14(19(22,23)24)18(30-17)27-6-5-26-16-4-1-11(8-25)9-28-16/h1-4,7,9-10H,5-6H2,(H,26,28)(H,27,29,30). The number of aromatic nitrogens is 3. The third-order valence-corrected chi connectivity index (χ3v) is 4.43. The number of pyridine rings is 1. The van der Waals surface area contributed by atoms with Gasteiger partial charge in [0.2, 0.25) is 0 Å². The molecule has 0 amide bonds. The number of rotatable bonds is 6. The molecule has 0 saturated heterocycles. The molecule has 0 unspecified atom stereocenters. The van der Waals surface area contributed by atoms with Crippen LogP contribution in [0.25, 0.3) is 11.4 Å². The minimum absolute atomic E-state index is 0.0360. The zero-order valence-electron chi connectivity index (χ0n) is 15.1. The number of nitrogens with zero attached hydrogens (tertiary/aromatic N) is 4. The molecule has 2 N–H and O–H groups in total. The third-order valence-electron chi connectivity index (χ3n) is 3.88. The molecule has 11 heteroatoms. The lowest BCUT2D eigenvalue weighted by Gasteiger charge is -2.15. The van der Waals surface area contributed by atoms with Crippen molar-refractivity contribution in [2.45, 2.75) is 6.18 Å². The fraction of sp³-hybridized carbons (Fsp3) is 0.158. The predicted molar refractivity (Wildman–Crippen MR) is 108 cm³/mol. The van der Waals surface area contributed by atoms with Crippen molar-refractivity contribution in [3.05, 3.63) is 63.9 Å². The lowest BCUT2D eigenvalue weighted by molar-refractivity contribution is -0.137. The molecule has 0 saturated carbocycles. The van der Waals surface area contributed by atoms with E-state index in [1.165, 1.54) is 18.3 Å². The Kier molecular flexibility index (Phi) is 6.59. The minimum atomic E-state index is -4.63. The Bertz CT molecular complexity index is 1080. The summed E-state index contributed by atoms with van der Waals surface area (Å²) in [6, 6.07) is 9.67. The zero-order chi connectivity index (χ0) is 21.7. The van der Waals surface area contributed by atoms with Crippen molar-refractivity contribution >= 4 is 34.8 Å². The van der Waals surface area contributed by atoms with Crippen LogP contribution < -0.4 is 10.6 Å². The van der Waals surface area contributed by atoms with Crippen LogP contribution in [0.15, 0.2) is 42.7 Å². The van der Waals surface area contributed by atoms with Crippen molar-refractivity contribution in [3.8, 4) is 17.5 Å². The molecule has 154 valence electrons. The van der Waals surface area contributed by atoms with Crippen molar-refractivity contribution in [2.24, 2.45) is 0 Å². The summed E-state index contributed by atoms with van der Waals surface area (Å²) in [5, 5.41) is 15.0. The van der Waals surface area contributed by atoms with Crippen LogP contribution in [0.4, 0.5) is 24.8 Å². The van der Waals surface area contributed by atoms with Gasteiger partial charge in [-0.3, -0.25) is 0 Å². The Labute approximate surface area is 179 Å². The van der Waals surface area contributed by atoms with Gasteiger partial charge in [-0.1, -0.05) is 23.2 Å². The largest absolute Gasteiger partial charge is 0.421 e. The van der Waals surface area contributed by atoms with E-state index in [4.69, 9.17) is 28.5 Å². The fourth-order valence-electron chi connectivity index (χ4n) is 2.46. The Hall–Kier alpha value is -3.09. The van der Waals surface area contributed by atoms with Gasteiger partial charge in [0.15, 0.2) is 5.82 Å². The Morgan fingerprint density at radius 1 is 1.00 bits per heavy atom. The summed E-state index contributed by atoms with van der Waals surface area (Å²) in [6.45, 7) is 0.382. The second-order valence-corrected chi connectivity index (χ2v) is 6.82. The molecule has 0 aliphatic heterocycles. The van der Waals surface area contributed by atoms with Crippen LogP contribution in [-0.2, 0) is 6.18 Å². The van der Waals surface area contributed by atoms with E-state index in [2.05, 4.69) is 25.6 Å². The molecule has 30 heavy (non-hydrogen) atoms. The molecule has 0 aliphatic rings. The molecular formula is C19H13Cl2F3N6. The molecule has 0 spiro atoms. The molecule has 0 aliphatic carbocycles. The lowest BCUT2D eigenvalue weighted by Crippen LogP contribution is -2.19. The summed E-state index contributed by atoms with van der Waals surface area (Å²) in [7, 11) is 0. The molecule has 1 aromatic carbocycles. The number of nitrogens with one attached hydrogen (secondary N) is 2. The number of hydrogen-bond donors (Lipinski definition) is 2. The average molecular weight is 453 g/mol. The molecule has 0 bridgehead atoms. The second kappa shape index (κ2) is 9.15. The number of alkyl halides is 3. The first kappa shape index (κ1) is 21.6. The highest BCUT2D eigenvalue weighted by atomic mass is 35.5. The van der Waals surface area contributed by atoms with Gasteiger partial charge in [-0.15, -0.1) is 0 Å². The summed E-state index contributed by atoms with van der Waals surface area (Å²) < 4.78 is 40.0. The van der Waals surface area contributed by atoms with E-state index in [0.29, 0.717) is 28.2 Å². The summed E-state index contributed by atoms with van der Waals surface area (Å²) in [4.78, 5) is 11.9. The molecule has 2 aromatic heterocycles. The third kappa shape index (κ3) is 5.28. The van der Waals surface area contributed by atoms with Crippen molar-refractivity contribution < 1.29 is 13.2 Å². The fourth-order valence-corrected chi connectivity index (χ4v) is 2.95. The van der Waals surface area contributed by atoms with Gasteiger partial charge in [0.25, 0.3) is 0 Å². The molecule has 2 heterocycles. The summed E-state index contributed by atoms with van der Waals surface area (Å²) in [5.41, 5.74) is -0.228. The first-order chi connectivity index (χ1) is 14.3. The number of benzene rings is 1. The van der Waals surface area contributed by atoms with Gasteiger partial charge in [-0.25, -0.2) is 15.0 Å². The quantitative estimate of drug-likeness (QED) is 0.496. The van der Waals surface area contributed by atoms with Crippen LogP contribution in [0.3, 0.4) is 0 Å². The highest BCUT2D eigenvalue weighted by Crippen LogP contribution is 2.35. The van der Waals surface area contributed by atoms with Gasteiger partial charge >= 0.3 is 6.18 Å². The Balaban J connectivity index is 1.76. The lowest BCUT2D eigenvalue weighted by atomic mass is 10.2. The minimum Gasteiger partial charge on any atom is -0.368 e. The van der Waals surface area contributed by atoms with Crippen LogP contribution in [0.5, 0.6) is 0 Å². The molecule has 0 radical (unpaired) electrons. The van der Waals surface area contributed by atoms with Crippen molar-refractivity contribution in [3.63, 3.8) is 0 Å². The summed E-state index contributed by atoms with van der Waals surface area (Å²) in [6.07, 6.45) is -2.53. The van der Waals surface area contributed by atoms with E-state index in [-0.39, 0.29) is 29.8 Å². The maximum Gasteiger partial charge on any atom is 0.421 e. The van der Waals surface area contributed by atoms with Gasteiger partial charge < -0.3 is 10.6 Å².